The molecule has 0 aliphatic carbocycles. The molecule has 0 radical (unpaired) electrons. The van der Waals surface area contributed by atoms with E-state index >= 15 is 0 Å². The number of alkyl halides is 3. The highest BCUT2D eigenvalue weighted by molar-refractivity contribution is 9.10. The fourth-order valence-corrected chi connectivity index (χ4v) is 2.71. The van der Waals surface area contributed by atoms with E-state index in [0.29, 0.717) is 6.20 Å². The molecule has 2 rings (SSSR count). The van der Waals surface area contributed by atoms with E-state index in [9.17, 15) is 18.0 Å². The number of carbonyl (C=O) groups excluding carboxylic acids is 1. The lowest BCUT2D eigenvalue weighted by molar-refractivity contribution is -0.137. The van der Waals surface area contributed by atoms with E-state index in [-0.39, 0.29) is 16.6 Å². The van der Waals surface area contributed by atoms with Crippen LogP contribution in [-0.4, -0.2) is 16.6 Å². The number of hydrogen-bond donors (Lipinski definition) is 1. The Kier molecular flexibility index (Phi) is 5.94. The zero-order chi connectivity index (χ0) is 17.0. The van der Waals surface area contributed by atoms with Crippen LogP contribution in [0.4, 0.5) is 19.0 Å². The first kappa shape index (κ1) is 18.1. The maximum absolute atomic E-state index is 12.5. The van der Waals surface area contributed by atoms with E-state index in [0.717, 1.165) is 15.4 Å². The molecule has 3 nitrogen and oxygen atoms in total. The highest BCUT2D eigenvalue weighted by Gasteiger charge is 2.31. The molecule has 1 N–H and O–H groups in total. The number of aromatic nitrogens is 1. The van der Waals surface area contributed by atoms with Crippen molar-refractivity contribution in [1.82, 2.24) is 4.98 Å². The predicted octanol–water partition coefficient (Wildman–Crippen LogP) is 5.25. The highest BCUT2D eigenvalue weighted by Crippen LogP contribution is 2.32. The van der Waals surface area contributed by atoms with Crippen LogP contribution in [0.2, 0.25) is 5.02 Å². The van der Waals surface area contributed by atoms with Gasteiger partial charge in [0, 0.05) is 15.6 Å². The van der Waals surface area contributed by atoms with Crippen molar-refractivity contribution in [1.29, 1.82) is 0 Å². The number of halogens is 5. The Morgan fingerprint density at radius 1 is 1.30 bits per heavy atom. The fourth-order valence-electron chi connectivity index (χ4n) is 1.53. The standard InChI is InChI=1S/C14H9BrClF3N2OS/c15-9-1-3-10(4-2-9)23-7-12(22)21-13-11(16)5-8(6-20-13)14(17,18)19/h1-6H,7H2,(H,20,21,22). The van der Waals surface area contributed by atoms with Crippen molar-refractivity contribution in [2.75, 3.05) is 11.1 Å². The first-order chi connectivity index (χ1) is 10.8. The Hall–Kier alpha value is -1.25. The van der Waals surface area contributed by atoms with Gasteiger partial charge in [-0.2, -0.15) is 13.2 Å². The first-order valence-electron chi connectivity index (χ1n) is 6.16. The molecule has 0 spiro atoms. The average Bonchev–Trinajstić information content (AvgIpc) is 2.48. The molecule has 0 saturated carbocycles. The van der Waals surface area contributed by atoms with Gasteiger partial charge in [0.2, 0.25) is 5.91 Å². The molecular weight excluding hydrogens is 417 g/mol. The van der Waals surface area contributed by atoms with Crippen LogP contribution in [-0.2, 0) is 11.0 Å². The molecule has 0 bridgehead atoms. The third-order valence-electron chi connectivity index (χ3n) is 2.61. The van der Waals surface area contributed by atoms with Crippen LogP contribution in [0, 0.1) is 0 Å². The number of pyridine rings is 1. The summed E-state index contributed by atoms with van der Waals surface area (Å²) in [5.41, 5.74) is -0.968. The minimum Gasteiger partial charge on any atom is -0.309 e. The van der Waals surface area contributed by atoms with Gasteiger partial charge in [0.05, 0.1) is 16.3 Å². The maximum atomic E-state index is 12.5. The lowest BCUT2D eigenvalue weighted by Gasteiger charge is -2.10. The van der Waals surface area contributed by atoms with Gasteiger partial charge in [-0.1, -0.05) is 27.5 Å². The molecule has 23 heavy (non-hydrogen) atoms. The molecular formula is C14H9BrClF3N2OS. The molecule has 0 fully saturated rings. The number of thioether (sulfide) groups is 1. The van der Waals surface area contributed by atoms with Gasteiger partial charge in [-0.3, -0.25) is 4.79 Å². The number of carbonyl (C=O) groups is 1. The third-order valence-corrected chi connectivity index (χ3v) is 4.44. The summed E-state index contributed by atoms with van der Waals surface area (Å²) in [7, 11) is 0. The zero-order valence-corrected chi connectivity index (χ0v) is 14.5. The van der Waals surface area contributed by atoms with Gasteiger partial charge in [0.25, 0.3) is 0 Å². The SMILES string of the molecule is O=C(CSc1ccc(Br)cc1)Nc1ncc(C(F)(F)F)cc1Cl. The maximum Gasteiger partial charge on any atom is 0.417 e. The van der Waals surface area contributed by atoms with Crippen molar-refractivity contribution in [3.8, 4) is 0 Å². The van der Waals surface area contributed by atoms with Gasteiger partial charge in [-0.05, 0) is 30.3 Å². The molecule has 0 unspecified atom stereocenters. The van der Waals surface area contributed by atoms with Crippen molar-refractivity contribution < 1.29 is 18.0 Å². The molecule has 2 aromatic rings. The van der Waals surface area contributed by atoms with Crippen LogP contribution >= 0.6 is 39.3 Å². The number of hydrogen-bond acceptors (Lipinski definition) is 3. The molecule has 122 valence electrons. The quantitative estimate of drug-likeness (QED) is 0.681. The lowest BCUT2D eigenvalue weighted by atomic mass is 10.3. The summed E-state index contributed by atoms with van der Waals surface area (Å²) in [6.07, 6.45) is -3.90. The summed E-state index contributed by atoms with van der Waals surface area (Å²) in [6.45, 7) is 0. The van der Waals surface area contributed by atoms with E-state index in [1.807, 2.05) is 24.3 Å². The Balaban J connectivity index is 1.96. The smallest absolute Gasteiger partial charge is 0.309 e. The number of anilines is 1. The van der Waals surface area contributed by atoms with Crippen LogP contribution in [0.3, 0.4) is 0 Å². The van der Waals surface area contributed by atoms with Crippen molar-refractivity contribution in [3.63, 3.8) is 0 Å². The van der Waals surface area contributed by atoms with Gasteiger partial charge < -0.3 is 5.32 Å². The normalized spacial score (nSPS) is 11.3. The summed E-state index contributed by atoms with van der Waals surface area (Å²) in [5, 5.41) is 2.13. The zero-order valence-electron chi connectivity index (χ0n) is 11.3. The number of nitrogens with one attached hydrogen (secondary N) is 1. The van der Waals surface area contributed by atoms with Gasteiger partial charge in [-0.25, -0.2) is 4.98 Å². The molecule has 1 aromatic heterocycles. The van der Waals surface area contributed by atoms with Crippen LogP contribution < -0.4 is 5.32 Å². The molecule has 0 saturated heterocycles. The van der Waals surface area contributed by atoms with Crippen LogP contribution in [0.1, 0.15) is 5.56 Å². The Morgan fingerprint density at radius 2 is 1.96 bits per heavy atom. The first-order valence-corrected chi connectivity index (χ1v) is 8.32. The summed E-state index contributed by atoms with van der Waals surface area (Å²) in [4.78, 5) is 16.3. The molecule has 0 aliphatic heterocycles. The third kappa shape index (κ3) is 5.40. The molecule has 1 heterocycles. The largest absolute Gasteiger partial charge is 0.417 e. The van der Waals surface area contributed by atoms with Crippen LogP contribution in [0.15, 0.2) is 45.9 Å². The van der Waals surface area contributed by atoms with E-state index < -0.39 is 17.6 Å². The van der Waals surface area contributed by atoms with Crippen molar-refractivity contribution >= 4 is 51.0 Å². The van der Waals surface area contributed by atoms with E-state index in [1.54, 1.807) is 0 Å². The summed E-state index contributed by atoms with van der Waals surface area (Å²) in [6, 6.07) is 8.09. The number of amides is 1. The van der Waals surface area contributed by atoms with Crippen molar-refractivity contribution in [3.05, 3.63) is 51.6 Å². The van der Waals surface area contributed by atoms with E-state index in [2.05, 4.69) is 26.2 Å². The average molecular weight is 426 g/mol. The second-order valence-corrected chi connectivity index (χ2v) is 6.71. The Morgan fingerprint density at radius 3 is 2.52 bits per heavy atom. The summed E-state index contributed by atoms with van der Waals surface area (Å²) in [5.74, 6) is -0.422. The number of nitrogens with zero attached hydrogens (tertiary/aromatic N) is 1. The van der Waals surface area contributed by atoms with Crippen LogP contribution in [0.5, 0.6) is 0 Å². The van der Waals surface area contributed by atoms with Crippen molar-refractivity contribution in [2.24, 2.45) is 0 Å². The summed E-state index contributed by atoms with van der Waals surface area (Å²) >= 11 is 10.3. The van der Waals surface area contributed by atoms with E-state index in [4.69, 9.17) is 11.6 Å². The fraction of sp³-hybridized carbons (Fsp3) is 0.143. The van der Waals surface area contributed by atoms with Gasteiger partial charge in [-0.15, -0.1) is 11.8 Å². The molecule has 1 aromatic carbocycles. The molecule has 0 aliphatic rings. The van der Waals surface area contributed by atoms with Gasteiger partial charge in [0.1, 0.15) is 0 Å². The molecule has 9 heteroatoms. The second-order valence-electron chi connectivity index (χ2n) is 4.34. The monoisotopic (exact) mass is 424 g/mol. The van der Waals surface area contributed by atoms with E-state index in [1.165, 1.54) is 11.8 Å². The topological polar surface area (TPSA) is 42.0 Å². The number of benzene rings is 1. The lowest BCUT2D eigenvalue weighted by Crippen LogP contribution is -2.16. The minimum atomic E-state index is -4.53. The van der Waals surface area contributed by atoms with Gasteiger partial charge >= 0.3 is 6.18 Å². The highest BCUT2D eigenvalue weighted by atomic mass is 79.9. The van der Waals surface area contributed by atoms with Crippen LogP contribution in [0.25, 0.3) is 0 Å². The molecule has 1 amide bonds. The predicted molar refractivity (Wildman–Crippen MR) is 87.7 cm³/mol. The summed E-state index contributed by atoms with van der Waals surface area (Å²) < 4.78 is 38.4. The number of rotatable bonds is 4. The molecule has 0 atom stereocenters. The van der Waals surface area contributed by atoms with Gasteiger partial charge in [0.15, 0.2) is 5.82 Å². The minimum absolute atomic E-state index is 0.0840. The Bertz CT molecular complexity index is 710. The Labute approximate surface area is 147 Å². The van der Waals surface area contributed by atoms with Crippen molar-refractivity contribution in [2.45, 2.75) is 11.1 Å². The second kappa shape index (κ2) is 7.55.